The van der Waals surface area contributed by atoms with E-state index in [2.05, 4.69) is 57.0 Å². The van der Waals surface area contributed by atoms with Crippen molar-refractivity contribution in [3.63, 3.8) is 0 Å². The number of carbonyl (C=O) groups excluding carboxylic acids is 1. The Hall–Kier alpha value is -2.08. The molecule has 6 nitrogen and oxygen atoms in total. The Morgan fingerprint density at radius 2 is 1.68 bits per heavy atom. The lowest BCUT2D eigenvalue weighted by atomic mass is 10.1. The summed E-state index contributed by atoms with van der Waals surface area (Å²) in [5, 5.41) is 9.52. The molecule has 1 saturated carbocycles. The van der Waals surface area contributed by atoms with Crippen LogP contribution in [-0.4, -0.2) is 49.5 Å². The summed E-state index contributed by atoms with van der Waals surface area (Å²) >= 11 is 0. The van der Waals surface area contributed by atoms with Crippen LogP contribution >= 0.6 is 0 Å². The Morgan fingerprint density at radius 3 is 2.36 bits per heavy atom. The van der Waals surface area contributed by atoms with Crippen molar-refractivity contribution < 1.29 is 4.79 Å². The molecule has 2 fully saturated rings. The van der Waals surface area contributed by atoms with Crippen molar-refractivity contribution >= 4 is 11.9 Å². The monoisotopic (exact) mass is 385 g/mol. The Labute approximate surface area is 169 Å². The summed E-state index contributed by atoms with van der Waals surface area (Å²) in [7, 11) is 0. The van der Waals surface area contributed by atoms with Crippen LogP contribution in [0.15, 0.2) is 29.3 Å². The molecule has 0 spiro atoms. The number of hydrogen-bond donors (Lipinski definition) is 3. The van der Waals surface area contributed by atoms with Gasteiger partial charge in [0.05, 0.1) is 6.54 Å². The molecule has 1 heterocycles. The van der Waals surface area contributed by atoms with E-state index in [0.717, 1.165) is 31.9 Å². The number of rotatable bonds is 9. The van der Waals surface area contributed by atoms with Gasteiger partial charge in [-0.25, -0.2) is 4.99 Å². The van der Waals surface area contributed by atoms with Crippen LogP contribution in [0.4, 0.5) is 0 Å². The third-order valence-corrected chi connectivity index (χ3v) is 5.31. The topological polar surface area (TPSA) is 68.8 Å². The van der Waals surface area contributed by atoms with Crippen molar-refractivity contribution in [2.24, 2.45) is 10.9 Å². The highest BCUT2D eigenvalue weighted by molar-refractivity contribution is 5.81. The highest BCUT2D eigenvalue weighted by Crippen LogP contribution is 2.28. The van der Waals surface area contributed by atoms with Crippen LogP contribution in [0.3, 0.4) is 0 Å². The Balaban J connectivity index is 1.41. The summed E-state index contributed by atoms with van der Waals surface area (Å²) in [6, 6.07) is 8.82. The van der Waals surface area contributed by atoms with Gasteiger partial charge >= 0.3 is 0 Å². The average Bonchev–Trinajstić information content (AvgIpc) is 3.56. The Bertz CT molecular complexity index is 633. The first-order chi connectivity index (χ1) is 13.7. The third kappa shape index (κ3) is 7.15. The SMILES string of the molecule is CCNC(=NCc1ccc(CN2CCCCC2)cc1)NCCNC(=O)C1CC1. The first-order valence-electron chi connectivity index (χ1n) is 10.8. The van der Waals surface area contributed by atoms with Gasteiger partial charge in [-0.05, 0) is 56.8 Å². The lowest BCUT2D eigenvalue weighted by Gasteiger charge is -2.26. The molecule has 0 atom stereocenters. The summed E-state index contributed by atoms with van der Waals surface area (Å²) in [5.41, 5.74) is 2.59. The quantitative estimate of drug-likeness (QED) is 0.346. The van der Waals surface area contributed by atoms with Gasteiger partial charge in [-0.2, -0.15) is 0 Å². The average molecular weight is 386 g/mol. The van der Waals surface area contributed by atoms with Crippen LogP contribution in [0.5, 0.6) is 0 Å². The zero-order valence-corrected chi connectivity index (χ0v) is 17.2. The van der Waals surface area contributed by atoms with Crippen molar-refractivity contribution in [3.8, 4) is 0 Å². The molecular formula is C22H35N5O. The molecule has 1 aromatic rings. The van der Waals surface area contributed by atoms with Crippen LogP contribution < -0.4 is 16.0 Å². The van der Waals surface area contributed by atoms with Crippen LogP contribution in [0, 0.1) is 5.92 Å². The number of carbonyl (C=O) groups is 1. The number of nitrogens with one attached hydrogen (secondary N) is 3. The van der Waals surface area contributed by atoms with Crippen LogP contribution in [0.25, 0.3) is 0 Å². The van der Waals surface area contributed by atoms with E-state index >= 15 is 0 Å². The molecule has 0 radical (unpaired) electrons. The maximum Gasteiger partial charge on any atom is 0.223 e. The normalized spacial score (nSPS) is 18.0. The lowest BCUT2D eigenvalue weighted by molar-refractivity contribution is -0.122. The number of benzene rings is 1. The Morgan fingerprint density at radius 1 is 1.00 bits per heavy atom. The molecule has 0 bridgehead atoms. The standard InChI is InChI=1S/C22H35N5O/c1-2-23-22(25-13-12-24-21(28)20-10-11-20)26-16-18-6-8-19(9-7-18)17-27-14-4-3-5-15-27/h6-9,20H,2-5,10-17H2,1H3,(H,24,28)(H2,23,25,26). The van der Waals surface area contributed by atoms with Gasteiger partial charge in [0.1, 0.15) is 0 Å². The summed E-state index contributed by atoms with van der Waals surface area (Å²) < 4.78 is 0. The fraction of sp³-hybridized carbons (Fsp3) is 0.636. The van der Waals surface area contributed by atoms with E-state index in [4.69, 9.17) is 0 Å². The van der Waals surface area contributed by atoms with Gasteiger partial charge < -0.3 is 16.0 Å². The number of guanidine groups is 1. The van der Waals surface area contributed by atoms with Gasteiger partial charge in [0.15, 0.2) is 5.96 Å². The van der Waals surface area contributed by atoms with Gasteiger partial charge in [-0.15, -0.1) is 0 Å². The highest BCUT2D eigenvalue weighted by atomic mass is 16.2. The molecule has 0 unspecified atom stereocenters. The van der Waals surface area contributed by atoms with E-state index in [1.165, 1.54) is 43.5 Å². The molecule has 1 aliphatic carbocycles. The van der Waals surface area contributed by atoms with Crippen molar-refractivity contribution in [2.75, 3.05) is 32.7 Å². The summed E-state index contributed by atoms with van der Waals surface area (Å²) in [4.78, 5) is 18.9. The van der Waals surface area contributed by atoms with Crippen LogP contribution in [0.2, 0.25) is 0 Å². The fourth-order valence-corrected chi connectivity index (χ4v) is 3.49. The fourth-order valence-electron chi connectivity index (χ4n) is 3.49. The first-order valence-corrected chi connectivity index (χ1v) is 10.8. The van der Waals surface area contributed by atoms with Crippen LogP contribution in [-0.2, 0) is 17.9 Å². The zero-order chi connectivity index (χ0) is 19.6. The second-order valence-electron chi connectivity index (χ2n) is 7.84. The minimum Gasteiger partial charge on any atom is -0.357 e. The number of aliphatic imine (C=N–C) groups is 1. The van der Waals surface area contributed by atoms with E-state index in [9.17, 15) is 4.79 Å². The number of piperidine rings is 1. The van der Waals surface area contributed by atoms with E-state index in [0.29, 0.717) is 19.6 Å². The minimum absolute atomic E-state index is 0.188. The van der Waals surface area contributed by atoms with Gasteiger partial charge in [0.25, 0.3) is 0 Å². The van der Waals surface area contributed by atoms with Crippen LogP contribution in [0.1, 0.15) is 50.2 Å². The molecule has 2 aliphatic rings. The highest BCUT2D eigenvalue weighted by Gasteiger charge is 2.28. The summed E-state index contributed by atoms with van der Waals surface area (Å²) in [5.74, 6) is 1.24. The van der Waals surface area contributed by atoms with Gasteiger partial charge in [0, 0.05) is 32.1 Å². The van der Waals surface area contributed by atoms with E-state index < -0.39 is 0 Å². The number of hydrogen-bond acceptors (Lipinski definition) is 3. The second kappa shape index (κ2) is 11.1. The number of likely N-dealkylation sites (tertiary alicyclic amines) is 1. The smallest absolute Gasteiger partial charge is 0.223 e. The second-order valence-corrected chi connectivity index (χ2v) is 7.84. The maximum atomic E-state index is 11.7. The van der Waals surface area contributed by atoms with E-state index in [-0.39, 0.29) is 11.8 Å². The van der Waals surface area contributed by atoms with E-state index in [1.807, 2.05) is 0 Å². The van der Waals surface area contributed by atoms with Gasteiger partial charge in [-0.1, -0.05) is 30.7 Å². The molecule has 1 saturated heterocycles. The van der Waals surface area contributed by atoms with Crippen molar-refractivity contribution in [1.82, 2.24) is 20.9 Å². The Kier molecular flexibility index (Phi) is 8.15. The summed E-state index contributed by atoms with van der Waals surface area (Å²) in [6.45, 7) is 8.34. The minimum atomic E-state index is 0.188. The lowest BCUT2D eigenvalue weighted by Crippen LogP contribution is -2.41. The predicted octanol–water partition coefficient (Wildman–Crippen LogP) is 2.25. The molecule has 154 valence electrons. The molecule has 0 aromatic heterocycles. The molecule has 1 aromatic carbocycles. The van der Waals surface area contributed by atoms with Gasteiger partial charge in [-0.3, -0.25) is 9.69 Å². The van der Waals surface area contributed by atoms with Crippen molar-refractivity contribution in [2.45, 2.75) is 52.1 Å². The number of nitrogens with zero attached hydrogens (tertiary/aromatic N) is 2. The zero-order valence-electron chi connectivity index (χ0n) is 17.2. The van der Waals surface area contributed by atoms with Gasteiger partial charge in [0.2, 0.25) is 5.91 Å². The largest absolute Gasteiger partial charge is 0.357 e. The van der Waals surface area contributed by atoms with Crippen molar-refractivity contribution in [1.29, 1.82) is 0 Å². The molecule has 3 rings (SSSR count). The maximum absolute atomic E-state index is 11.7. The van der Waals surface area contributed by atoms with Crippen molar-refractivity contribution in [3.05, 3.63) is 35.4 Å². The molecule has 28 heavy (non-hydrogen) atoms. The predicted molar refractivity (Wildman–Crippen MR) is 114 cm³/mol. The molecule has 3 N–H and O–H groups in total. The molecule has 1 aliphatic heterocycles. The molecular weight excluding hydrogens is 350 g/mol. The molecule has 1 amide bonds. The first kappa shape index (κ1) is 20.6. The number of amides is 1. The molecule has 6 heteroatoms. The van der Waals surface area contributed by atoms with E-state index in [1.54, 1.807) is 0 Å². The summed E-state index contributed by atoms with van der Waals surface area (Å²) in [6.07, 6.45) is 6.12. The third-order valence-electron chi connectivity index (χ3n) is 5.31.